The van der Waals surface area contributed by atoms with E-state index >= 15 is 0 Å². The second-order valence-corrected chi connectivity index (χ2v) is 10.9. The van der Waals surface area contributed by atoms with Crippen molar-refractivity contribution in [2.24, 2.45) is 17.3 Å². The Hall–Kier alpha value is -0.940. The SMILES string of the molecule is C=C1[C@H](O)CC(=C/C=C2\CCCC3(C)C2CCC3[C@@H](C)OCCC(O)(CC)CC)C[C@H]1O. The van der Waals surface area contributed by atoms with E-state index < -0.39 is 17.8 Å². The summed E-state index contributed by atoms with van der Waals surface area (Å²) in [5.41, 5.74) is 2.85. The number of hydrogen-bond donors (Lipinski definition) is 3. The van der Waals surface area contributed by atoms with E-state index in [1.54, 1.807) is 0 Å². The molecular formula is C28H46O4. The average molecular weight is 447 g/mol. The van der Waals surface area contributed by atoms with Gasteiger partial charge < -0.3 is 20.1 Å². The molecule has 32 heavy (non-hydrogen) atoms. The zero-order valence-corrected chi connectivity index (χ0v) is 20.8. The van der Waals surface area contributed by atoms with Gasteiger partial charge in [-0.3, -0.25) is 0 Å². The molecule has 3 aliphatic carbocycles. The zero-order chi connectivity index (χ0) is 23.5. The molecule has 0 aromatic heterocycles. The molecule has 0 saturated heterocycles. The molecule has 3 N–H and O–H groups in total. The molecule has 3 fully saturated rings. The van der Waals surface area contributed by atoms with Gasteiger partial charge in [0, 0.05) is 6.61 Å². The van der Waals surface area contributed by atoms with E-state index in [2.05, 4.69) is 32.6 Å². The van der Waals surface area contributed by atoms with Gasteiger partial charge in [-0.2, -0.15) is 0 Å². The fourth-order valence-corrected chi connectivity index (χ4v) is 6.63. The lowest BCUT2D eigenvalue weighted by Gasteiger charge is -2.44. The molecule has 182 valence electrons. The van der Waals surface area contributed by atoms with Crippen molar-refractivity contribution in [3.05, 3.63) is 35.5 Å². The summed E-state index contributed by atoms with van der Waals surface area (Å²) >= 11 is 0. The van der Waals surface area contributed by atoms with E-state index in [4.69, 9.17) is 4.74 Å². The monoisotopic (exact) mass is 446 g/mol. The fourth-order valence-electron chi connectivity index (χ4n) is 6.63. The van der Waals surface area contributed by atoms with Gasteiger partial charge in [-0.1, -0.05) is 50.6 Å². The Balaban J connectivity index is 1.65. The first-order chi connectivity index (χ1) is 15.1. The number of rotatable bonds is 8. The molecule has 0 spiro atoms. The standard InChI is InChI=1S/C28H46O4/c1-6-28(31,7-2)15-16-32-20(4)23-12-13-24-22(9-8-14-27(23,24)5)11-10-21-17-25(29)19(3)26(30)18-21/h10-11,20,23-26,29-31H,3,6-9,12-18H2,1-2,4-5H3/b22-11+/t20-,23?,24?,25-,26-,27?/m1/s1. The maximum atomic E-state index is 10.6. The van der Waals surface area contributed by atoms with Crippen LogP contribution in [0.25, 0.3) is 0 Å². The van der Waals surface area contributed by atoms with Crippen molar-refractivity contribution in [1.82, 2.24) is 0 Å². The second-order valence-electron chi connectivity index (χ2n) is 10.9. The summed E-state index contributed by atoms with van der Waals surface area (Å²) in [7, 11) is 0. The molecule has 0 aromatic rings. The molecule has 0 amide bonds. The third-order valence-electron chi connectivity index (χ3n) is 9.17. The van der Waals surface area contributed by atoms with E-state index in [1.165, 1.54) is 31.3 Å². The van der Waals surface area contributed by atoms with Gasteiger partial charge in [-0.05, 0) is 94.0 Å². The second kappa shape index (κ2) is 10.5. The van der Waals surface area contributed by atoms with Crippen LogP contribution in [0.15, 0.2) is 35.5 Å². The summed E-state index contributed by atoms with van der Waals surface area (Å²) in [5.74, 6) is 1.13. The summed E-state index contributed by atoms with van der Waals surface area (Å²) in [6.45, 7) is 13.2. The summed E-state index contributed by atoms with van der Waals surface area (Å²) < 4.78 is 6.31. The fraction of sp³-hybridized carbons (Fsp3) is 0.786. The molecule has 6 atom stereocenters. The first kappa shape index (κ1) is 25.7. The number of hydrogen-bond acceptors (Lipinski definition) is 4. The van der Waals surface area contributed by atoms with E-state index in [-0.39, 0.29) is 11.5 Å². The van der Waals surface area contributed by atoms with Crippen LogP contribution in [0.5, 0.6) is 0 Å². The largest absolute Gasteiger partial charge is 0.390 e. The highest BCUT2D eigenvalue weighted by atomic mass is 16.5. The van der Waals surface area contributed by atoms with Crippen molar-refractivity contribution in [2.45, 2.75) is 116 Å². The van der Waals surface area contributed by atoms with Crippen LogP contribution in [0, 0.1) is 17.3 Å². The van der Waals surface area contributed by atoms with Crippen molar-refractivity contribution in [2.75, 3.05) is 6.61 Å². The molecule has 3 saturated carbocycles. The van der Waals surface area contributed by atoms with Gasteiger partial charge >= 0.3 is 0 Å². The Labute approximate surface area is 195 Å². The van der Waals surface area contributed by atoms with Crippen LogP contribution in [-0.4, -0.2) is 45.8 Å². The van der Waals surface area contributed by atoms with Gasteiger partial charge in [-0.25, -0.2) is 0 Å². The highest BCUT2D eigenvalue weighted by molar-refractivity contribution is 5.29. The van der Waals surface area contributed by atoms with E-state index in [9.17, 15) is 15.3 Å². The van der Waals surface area contributed by atoms with Crippen molar-refractivity contribution in [3.63, 3.8) is 0 Å². The Bertz CT molecular complexity index is 703. The maximum Gasteiger partial charge on any atom is 0.0809 e. The number of ether oxygens (including phenoxy) is 1. The Morgan fingerprint density at radius 1 is 1.16 bits per heavy atom. The molecule has 0 bridgehead atoms. The van der Waals surface area contributed by atoms with Gasteiger partial charge in [0.2, 0.25) is 0 Å². The first-order valence-electron chi connectivity index (χ1n) is 12.9. The normalized spacial score (nSPS) is 35.8. The molecule has 4 nitrogen and oxygen atoms in total. The highest BCUT2D eigenvalue weighted by Crippen LogP contribution is 2.58. The van der Waals surface area contributed by atoms with Crippen LogP contribution < -0.4 is 0 Å². The highest BCUT2D eigenvalue weighted by Gasteiger charge is 2.51. The third kappa shape index (κ3) is 5.41. The lowest BCUT2D eigenvalue weighted by Crippen LogP contribution is -2.39. The van der Waals surface area contributed by atoms with Crippen LogP contribution in [0.3, 0.4) is 0 Å². The van der Waals surface area contributed by atoms with Crippen molar-refractivity contribution >= 4 is 0 Å². The Morgan fingerprint density at radius 3 is 2.44 bits per heavy atom. The average Bonchev–Trinajstić information content (AvgIpc) is 3.13. The van der Waals surface area contributed by atoms with Crippen LogP contribution in [-0.2, 0) is 4.74 Å². The number of allylic oxidation sites excluding steroid dienone is 3. The van der Waals surface area contributed by atoms with Crippen LogP contribution in [0.2, 0.25) is 0 Å². The van der Waals surface area contributed by atoms with E-state index in [0.29, 0.717) is 43.3 Å². The summed E-state index contributed by atoms with van der Waals surface area (Å²) in [6.07, 6.45) is 12.8. The molecule has 0 radical (unpaired) electrons. The molecule has 0 heterocycles. The minimum absolute atomic E-state index is 0.204. The summed E-state index contributed by atoms with van der Waals surface area (Å²) in [6, 6.07) is 0. The zero-order valence-electron chi connectivity index (χ0n) is 20.8. The minimum atomic E-state index is -0.632. The number of fused-ring (bicyclic) bond motifs is 1. The van der Waals surface area contributed by atoms with Crippen molar-refractivity contribution in [3.8, 4) is 0 Å². The van der Waals surface area contributed by atoms with E-state index in [1.807, 2.05) is 13.8 Å². The molecule has 4 heteroatoms. The predicted octanol–water partition coefficient (Wildman–Crippen LogP) is 5.47. The molecule has 3 unspecified atom stereocenters. The van der Waals surface area contributed by atoms with Crippen LogP contribution in [0.4, 0.5) is 0 Å². The van der Waals surface area contributed by atoms with Gasteiger partial charge in [0.05, 0.1) is 23.9 Å². The van der Waals surface area contributed by atoms with Crippen LogP contribution >= 0.6 is 0 Å². The molecule has 0 aromatic carbocycles. The Morgan fingerprint density at radius 2 is 1.81 bits per heavy atom. The summed E-state index contributed by atoms with van der Waals surface area (Å²) in [5, 5.41) is 30.9. The first-order valence-corrected chi connectivity index (χ1v) is 12.9. The van der Waals surface area contributed by atoms with E-state index in [0.717, 1.165) is 24.8 Å². The Kier molecular flexibility index (Phi) is 8.46. The molecule has 3 aliphatic rings. The maximum absolute atomic E-state index is 10.6. The number of aliphatic hydroxyl groups is 3. The smallest absolute Gasteiger partial charge is 0.0809 e. The van der Waals surface area contributed by atoms with Crippen molar-refractivity contribution < 1.29 is 20.1 Å². The van der Waals surface area contributed by atoms with Gasteiger partial charge in [0.1, 0.15) is 0 Å². The van der Waals surface area contributed by atoms with Gasteiger partial charge in [0.15, 0.2) is 0 Å². The van der Waals surface area contributed by atoms with Crippen molar-refractivity contribution in [1.29, 1.82) is 0 Å². The number of aliphatic hydroxyl groups excluding tert-OH is 2. The third-order valence-corrected chi connectivity index (χ3v) is 9.17. The van der Waals surface area contributed by atoms with Gasteiger partial charge in [-0.15, -0.1) is 0 Å². The van der Waals surface area contributed by atoms with Gasteiger partial charge in [0.25, 0.3) is 0 Å². The lowest BCUT2D eigenvalue weighted by atomic mass is 9.62. The topological polar surface area (TPSA) is 69.9 Å². The lowest BCUT2D eigenvalue weighted by molar-refractivity contribution is -0.0559. The molecule has 0 aliphatic heterocycles. The summed E-state index contributed by atoms with van der Waals surface area (Å²) in [4.78, 5) is 0. The quantitative estimate of drug-likeness (QED) is 0.432. The predicted molar refractivity (Wildman–Crippen MR) is 130 cm³/mol. The molecule has 3 rings (SSSR count). The minimum Gasteiger partial charge on any atom is -0.390 e. The molecular weight excluding hydrogens is 400 g/mol. The van der Waals surface area contributed by atoms with Crippen LogP contribution in [0.1, 0.15) is 91.9 Å².